The SMILES string of the molecule is CCCC1(CNc2nc(C)ccc2[N+](=O)[O-])CC1. The summed E-state index contributed by atoms with van der Waals surface area (Å²) in [6.07, 6.45) is 4.77. The molecule has 1 saturated carbocycles. The lowest BCUT2D eigenvalue weighted by Crippen LogP contribution is -2.17. The fraction of sp³-hybridized carbons (Fsp3) is 0.615. The van der Waals surface area contributed by atoms with E-state index in [1.54, 1.807) is 6.07 Å². The fourth-order valence-corrected chi connectivity index (χ4v) is 2.32. The number of nitrogens with one attached hydrogen (secondary N) is 1. The molecule has 1 aliphatic carbocycles. The van der Waals surface area contributed by atoms with Crippen LogP contribution in [0.5, 0.6) is 0 Å². The number of pyridine rings is 1. The summed E-state index contributed by atoms with van der Waals surface area (Å²) < 4.78 is 0. The van der Waals surface area contributed by atoms with E-state index < -0.39 is 0 Å². The molecule has 1 aromatic heterocycles. The first-order chi connectivity index (χ1) is 8.56. The van der Waals surface area contributed by atoms with Crippen molar-refractivity contribution in [3.05, 3.63) is 27.9 Å². The summed E-state index contributed by atoms with van der Waals surface area (Å²) in [6, 6.07) is 3.19. The molecular weight excluding hydrogens is 230 g/mol. The predicted octanol–water partition coefficient (Wildman–Crippen LogP) is 3.29. The Hall–Kier alpha value is -1.65. The third-order valence-electron chi connectivity index (χ3n) is 3.58. The van der Waals surface area contributed by atoms with E-state index in [0.717, 1.165) is 18.7 Å². The largest absolute Gasteiger partial charge is 0.364 e. The van der Waals surface area contributed by atoms with Gasteiger partial charge < -0.3 is 5.32 Å². The van der Waals surface area contributed by atoms with Gasteiger partial charge in [0.15, 0.2) is 0 Å². The van der Waals surface area contributed by atoms with E-state index in [-0.39, 0.29) is 10.6 Å². The Kier molecular flexibility index (Phi) is 3.50. The normalized spacial score (nSPS) is 16.3. The standard InChI is InChI=1S/C13H19N3O2/c1-3-6-13(7-8-13)9-14-12-11(16(17)18)5-4-10(2)15-12/h4-5H,3,6-9H2,1-2H3,(H,14,15). The number of aromatic nitrogens is 1. The van der Waals surface area contributed by atoms with Gasteiger partial charge in [-0.25, -0.2) is 4.98 Å². The van der Waals surface area contributed by atoms with E-state index in [9.17, 15) is 10.1 Å². The number of hydrogen-bond acceptors (Lipinski definition) is 4. The molecule has 5 heteroatoms. The van der Waals surface area contributed by atoms with E-state index in [1.165, 1.54) is 25.3 Å². The van der Waals surface area contributed by atoms with Gasteiger partial charge >= 0.3 is 5.69 Å². The van der Waals surface area contributed by atoms with E-state index in [0.29, 0.717) is 11.2 Å². The first-order valence-electron chi connectivity index (χ1n) is 6.42. The smallest absolute Gasteiger partial charge is 0.311 e. The Morgan fingerprint density at radius 1 is 1.50 bits per heavy atom. The van der Waals surface area contributed by atoms with Crippen molar-refractivity contribution in [2.45, 2.75) is 39.5 Å². The minimum absolute atomic E-state index is 0.0629. The molecule has 1 N–H and O–H groups in total. The molecule has 1 aliphatic rings. The minimum atomic E-state index is -0.381. The minimum Gasteiger partial charge on any atom is -0.364 e. The molecule has 0 aromatic carbocycles. The number of hydrogen-bond donors (Lipinski definition) is 1. The summed E-state index contributed by atoms with van der Waals surface area (Å²) in [7, 11) is 0. The molecule has 0 atom stereocenters. The fourth-order valence-electron chi connectivity index (χ4n) is 2.32. The van der Waals surface area contributed by atoms with Crippen LogP contribution in [-0.2, 0) is 0 Å². The van der Waals surface area contributed by atoms with Crippen LogP contribution in [0, 0.1) is 22.5 Å². The highest BCUT2D eigenvalue weighted by molar-refractivity contribution is 5.56. The molecular formula is C13H19N3O2. The molecule has 0 unspecified atom stereocenters. The average Bonchev–Trinajstić information content (AvgIpc) is 3.07. The van der Waals surface area contributed by atoms with Crippen molar-refractivity contribution in [1.29, 1.82) is 0 Å². The second kappa shape index (κ2) is 4.92. The summed E-state index contributed by atoms with van der Waals surface area (Å²) in [6.45, 7) is 4.80. The molecule has 0 bridgehead atoms. The second-order valence-corrected chi connectivity index (χ2v) is 5.18. The number of nitrogens with zero attached hydrogens (tertiary/aromatic N) is 2. The third-order valence-corrected chi connectivity index (χ3v) is 3.58. The third kappa shape index (κ3) is 2.78. The highest BCUT2D eigenvalue weighted by atomic mass is 16.6. The summed E-state index contributed by atoms with van der Waals surface area (Å²) in [5, 5.41) is 14.1. The van der Waals surface area contributed by atoms with Crippen molar-refractivity contribution < 1.29 is 4.92 Å². The van der Waals surface area contributed by atoms with Crippen LogP contribution in [0.2, 0.25) is 0 Å². The number of aryl methyl sites for hydroxylation is 1. The van der Waals surface area contributed by atoms with E-state index in [2.05, 4.69) is 17.2 Å². The molecule has 0 radical (unpaired) electrons. The van der Waals surface area contributed by atoms with Gasteiger partial charge in [0, 0.05) is 18.3 Å². The van der Waals surface area contributed by atoms with Crippen LogP contribution < -0.4 is 5.32 Å². The number of rotatable bonds is 6. The maximum Gasteiger partial charge on any atom is 0.311 e. The molecule has 1 heterocycles. The van der Waals surface area contributed by atoms with Crippen molar-refractivity contribution >= 4 is 11.5 Å². The van der Waals surface area contributed by atoms with Crippen LogP contribution in [0.4, 0.5) is 11.5 Å². The zero-order valence-corrected chi connectivity index (χ0v) is 10.9. The van der Waals surface area contributed by atoms with Gasteiger partial charge in [0.25, 0.3) is 0 Å². The highest BCUT2D eigenvalue weighted by Gasteiger charge is 2.41. The Morgan fingerprint density at radius 3 is 2.78 bits per heavy atom. The predicted molar refractivity (Wildman–Crippen MR) is 70.7 cm³/mol. The Labute approximate surface area is 107 Å². The van der Waals surface area contributed by atoms with Crippen molar-refractivity contribution in [3.63, 3.8) is 0 Å². The zero-order valence-electron chi connectivity index (χ0n) is 10.9. The van der Waals surface area contributed by atoms with Gasteiger partial charge in [0.05, 0.1) is 4.92 Å². The van der Waals surface area contributed by atoms with Crippen molar-refractivity contribution in [2.75, 3.05) is 11.9 Å². The van der Waals surface area contributed by atoms with Crippen LogP contribution in [0.3, 0.4) is 0 Å². The molecule has 0 aliphatic heterocycles. The van der Waals surface area contributed by atoms with Crippen molar-refractivity contribution in [1.82, 2.24) is 4.98 Å². The molecule has 2 rings (SSSR count). The second-order valence-electron chi connectivity index (χ2n) is 5.18. The van der Waals surface area contributed by atoms with Gasteiger partial charge in [0.2, 0.25) is 5.82 Å². The van der Waals surface area contributed by atoms with Gasteiger partial charge in [-0.05, 0) is 37.7 Å². The molecule has 5 nitrogen and oxygen atoms in total. The topological polar surface area (TPSA) is 68.1 Å². The van der Waals surface area contributed by atoms with E-state index in [1.807, 2.05) is 6.92 Å². The molecule has 0 amide bonds. The Bertz CT molecular complexity index is 456. The zero-order chi connectivity index (χ0) is 13.2. The van der Waals surface area contributed by atoms with Gasteiger partial charge in [-0.15, -0.1) is 0 Å². The van der Waals surface area contributed by atoms with E-state index >= 15 is 0 Å². The van der Waals surface area contributed by atoms with Gasteiger partial charge in [-0.1, -0.05) is 13.3 Å². The highest BCUT2D eigenvalue weighted by Crippen LogP contribution is 2.49. The molecule has 1 aromatic rings. The van der Waals surface area contributed by atoms with Crippen LogP contribution in [0.25, 0.3) is 0 Å². The summed E-state index contributed by atoms with van der Waals surface area (Å²) >= 11 is 0. The number of nitro groups is 1. The lowest BCUT2D eigenvalue weighted by atomic mass is 10.0. The summed E-state index contributed by atoms with van der Waals surface area (Å²) in [5.41, 5.74) is 1.21. The first kappa shape index (κ1) is 12.8. The molecule has 98 valence electrons. The van der Waals surface area contributed by atoms with Crippen molar-refractivity contribution in [3.8, 4) is 0 Å². The van der Waals surface area contributed by atoms with Crippen LogP contribution in [0.15, 0.2) is 12.1 Å². The van der Waals surface area contributed by atoms with Crippen LogP contribution in [0.1, 0.15) is 38.3 Å². The lowest BCUT2D eigenvalue weighted by molar-refractivity contribution is -0.384. The van der Waals surface area contributed by atoms with Gasteiger partial charge in [-0.3, -0.25) is 10.1 Å². The maximum atomic E-state index is 10.9. The monoisotopic (exact) mass is 249 g/mol. The van der Waals surface area contributed by atoms with Crippen LogP contribution in [-0.4, -0.2) is 16.5 Å². The van der Waals surface area contributed by atoms with Crippen LogP contribution >= 0.6 is 0 Å². The maximum absolute atomic E-state index is 10.9. The average molecular weight is 249 g/mol. The lowest BCUT2D eigenvalue weighted by Gasteiger charge is -2.15. The Balaban J connectivity index is 2.08. The molecule has 18 heavy (non-hydrogen) atoms. The van der Waals surface area contributed by atoms with E-state index in [4.69, 9.17) is 0 Å². The quantitative estimate of drug-likeness (QED) is 0.620. The Morgan fingerprint density at radius 2 is 2.22 bits per heavy atom. The number of anilines is 1. The van der Waals surface area contributed by atoms with Gasteiger partial charge in [-0.2, -0.15) is 0 Å². The molecule has 1 fully saturated rings. The molecule has 0 spiro atoms. The first-order valence-corrected chi connectivity index (χ1v) is 6.42. The van der Waals surface area contributed by atoms with Crippen molar-refractivity contribution in [2.24, 2.45) is 5.41 Å². The summed E-state index contributed by atoms with van der Waals surface area (Å²) in [5.74, 6) is 0.405. The van der Waals surface area contributed by atoms with Gasteiger partial charge in [0.1, 0.15) is 0 Å². The summed E-state index contributed by atoms with van der Waals surface area (Å²) in [4.78, 5) is 14.8. The molecule has 0 saturated heterocycles.